The van der Waals surface area contributed by atoms with Gasteiger partial charge in [0.15, 0.2) is 0 Å². The third-order valence-electron chi connectivity index (χ3n) is 2.36. The highest BCUT2D eigenvalue weighted by Crippen LogP contribution is 2.02. The molecule has 0 saturated carbocycles. The molecule has 1 N–H and O–H groups in total. The van der Waals surface area contributed by atoms with Gasteiger partial charge >= 0.3 is 0 Å². The van der Waals surface area contributed by atoms with E-state index < -0.39 is 6.10 Å². The molecule has 0 aromatic carbocycles. The van der Waals surface area contributed by atoms with Crippen molar-refractivity contribution >= 4 is 5.71 Å². The molecule has 1 aromatic rings. The monoisotopic (exact) mass is 214 g/mol. The summed E-state index contributed by atoms with van der Waals surface area (Å²) in [6, 6.07) is 5.84. The highest BCUT2D eigenvalue weighted by molar-refractivity contribution is 6.00. The van der Waals surface area contributed by atoms with Crippen molar-refractivity contribution in [2.45, 2.75) is 12.5 Å². The lowest BCUT2D eigenvalue weighted by Crippen LogP contribution is -2.18. The van der Waals surface area contributed by atoms with Crippen molar-refractivity contribution in [3.8, 4) is 0 Å². The maximum Gasteiger partial charge on any atom is 0.114 e. The van der Waals surface area contributed by atoms with E-state index in [1.807, 2.05) is 36.4 Å². The Labute approximate surface area is 94.9 Å². The van der Waals surface area contributed by atoms with Crippen molar-refractivity contribution in [1.29, 1.82) is 0 Å². The van der Waals surface area contributed by atoms with Crippen molar-refractivity contribution < 1.29 is 5.11 Å². The van der Waals surface area contributed by atoms with Gasteiger partial charge in [0, 0.05) is 24.9 Å². The number of nitrogens with zero attached hydrogens (tertiary/aromatic N) is 2. The van der Waals surface area contributed by atoms with E-state index in [1.165, 1.54) is 0 Å². The molecule has 0 radical (unpaired) electrons. The first-order valence-corrected chi connectivity index (χ1v) is 5.33. The van der Waals surface area contributed by atoms with Crippen LogP contribution in [0.25, 0.3) is 0 Å². The Bertz CT molecular complexity index is 421. The molecule has 1 aliphatic carbocycles. The predicted molar refractivity (Wildman–Crippen MR) is 64.5 cm³/mol. The number of aliphatic hydroxyl groups is 1. The molecule has 1 atom stereocenters. The molecular formula is C13H14N2O. The molecule has 0 amide bonds. The zero-order valence-electron chi connectivity index (χ0n) is 8.95. The standard InChI is InChI=1S/C13H14N2O/c16-13-7-2-1-6-12(13)15-10-8-11-5-3-4-9-14-11/h1-7,9,13,16H,8,10H2. The fourth-order valence-corrected chi connectivity index (χ4v) is 1.51. The molecule has 3 heteroatoms. The highest BCUT2D eigenvalue weighted by atomic mass is 16.3. The van der Waals surface area contributed by atoms with Gasteiger partial charge in [-0.3, -0.25) is 9.98 Å². The summed E-state index contributed by atoms with van der Waals surface area (Å²) in [4.78, 5) is 8.56. The predicted octanol–water partition coefficient (Wildman–Crippen LogP) is 1.55. The largest absolute Gasteiger partial charge is 0.383 e. The van der Waals surface area contributed by atoms with Gasteiger partial charge in [-0.15, -0.1) is 0 Å². The second-order valence-electron chi connectivity index (χ2n) is 3.57. The molecule has 0 spiro atoms. The fourth-order valence-electron chi connectivity index (χ4n) is 1.51. The van der Waals surface area contributed by atoms with Crippen LogP contribution in [-0.2, 0) is 6.42 Å². The van der Waals surface area contributed by atoms with Gasteiger partial charge in [-0.05, 0) is 18.2 Å². The molecule has 16 heavy (non-hydrogen) atoms. The summed E-state index contributed by atoms with van der Waals surface area (Å²) < 4.78 is 0. The minimum absolute atomic E-state index is 0.561. The second-order valence-corrected chi connectivity index (χ2v) is 3.57. The van der Waals surface area contributed by atoms with E-state index in [9.17, 15) is 5.11 Å². The number of allylic oxidation sites excluding steroid dienone is 2. The smallest absolute Gasteiger partial charge is 0.114 e. The Morgan fingerprint density at radius 2 is 2.25 bits per heavy atom. The molecular weight excluding hydrogens is 200 g/mol. The Morgan fingerprint density at radius 3 is 3.00 bits per heavy atom. The van der Waals surface area contributed by atoms with Gasteiger partial charge in [0.25, 0.3) is 0 Å². The first-order chi connectivity index (χ1) is 7.86. The molecule has 0 saturated heterocycles. The minimum atomic E-state index is -0.561. The van der Waals surface area contributed by atoms with E-state index in [0.717, 1.165) is 17.8 Å². The van der Waals surface area contributed by atoms with E-state index >= 15 is 0 Å². The Morgan fingerprint density at radius 1 is 1.31 bits per heavy atom. The van der Waals surface area contributed by atoms with Gasteiger partial charge in [-0.1, -0.05) is 24.3 Å². The van der Waals surface area contributed by atoms with Crippen LogP contribution < -0.4 is 0 Å². The average molecular weight is 214 g/mol. The summed E-state index contributed by atoms with van der Waals surface area (Å²) in [7, 11) is 0. The lowest BCUT2D eigenvalue weighted by atomic mass is 10.1. The molecule has 3 nitrogen and oxygen atoms in total. The van der Waals surface area contributed by atoms with Crippen LogP contribution in [0.5, 0.6) is 0 Å². The lowest BCUT2D eigenvalue weighted by molar-refractivity contribution is 0.289. The van der Waals surface area contributed by atoms with Gasteiger partial charge in [0.2, 0.25) is 0 Å². The molecule has 1 aromatic heterocycles. The van der Waals surface area contributed by atoms with E-state index in [1.54, 1.807) is 12.3 Å². The van der Waals surface area contributed by atoms with E-state index in [2.05, 4.69) is 9.98 Å². The molecule has 0 aliphatic heterocycles. The Hall–Kier alpha value is -1.74. The maximum absolute atomic E-state index is 9.58. The zero-order valence-corrected chi connectivity index (χ0v) is 8.95. The summed E-state index contributed by atoms with van der Waals surface area (Å²) >= 11 is 0. The third kappa shape index (κ3) is 2.87. The molecule has 1 heterocycles. The van der Waals surface area contributed by atoms with Crippen molar-refractivity contribution in [2.24, 2.45) is 4.99 Å². The van der Waals surface area contributed by atoms with Crippen LogP contribution in [-0.4, -0.2) is 28.5 Å². The zero-order chi connectivity index (χ0) is 11.2. The van der Waals surface area contributed by atoms with Crippen molar-refractivity contribution in [2.75, 3.05) is 6.54 Å². The summed E-state index contributed by atoms with van der Waals surface area (Å²) in [5.74, 6) is 0. The van der Waals surface area contributed by atoms with Crippen LogP contribution in [0.15, 0.2) is 53.7 Å². The average Bonchev–Trinajstić information content (AvgIpc) is 2.33. The van der Waals surface area contributed by atoms with Crippen molar-refractivity contribution in [1.82, 2.24) is 4.98 Å². The number of aliphatic hydroxyl groups excluding tert-OH is 1. The quantitative estimate of drug-likeness (QED) is 0.829. The van der Waals surface area contributed by atoms with Gasteiger partial charge < -0.3 is 5.11 Å². The SMILES string of the molecule is OC1C=CC=CC1=NCCc1ccccn1. The molecule has 1 unspecified atom stereocenters. The number of aliphatic imine (C=N–C) groups is 1. The molecule has 0 fully saturated rings. The van der Waals surface area contributed by atoms with E-state index in [4.69, 9.17) is 0 Å². The summed E-state index contributed by atoms with van der Waals surface area (Å²) in [5, 5.41) is 9.58. The van der Waals surface area contributed by atoms with E-state index in [-0.39, 0.29) is 0 Å². The second kappa shape index (κ2) is 5.37. The Balaban J connectivity index is 1.90. The first-order valence-electron chi connectivity index (χ1n) is 5.33. The third-order valence-corrected chi connectivity index (χ3v) is 2.36. The number of hydrogen-bond acceptors (Lipinski definition) is 3. The lowest BCUT2D eigenvalue weighted by Gasteiger charge is -2.08. The van der Waals surface area contributed by atoms with Crippen LogP contribution in [0.1, 0.15) is 5.69 Å². The molecule has 82 valence electrons. The van der Waals surface area contributed by atoms with Crippen molar-refractivity contribution in [3.05, 3.63) is 54.4 Å². The summed E-state index contributed by atoms with van der Waals surface area (Å²) in [6.45, 7) is 0.654. The van der Waals surface area contributed by atoms with Gasteiger partial charge in [0.1, 0.15) is 6.10 Å². The maximum atomic E-state index is 9.58. The Kier molecular flexibility index (Phi) is 3.62. The van der Waals surface area contributed by atoms with Crippen LogP contribution >= 0.6 is 0 Å². The molecule has 1 aliphatic rings. The number of aromatic nitrogens is 1. The van der Waals surface area contributed by atoms with Crippen molar-refractivity contribution in [3.63, 3.8) is 0 Å². The topological polar surface area (TPSA) is 45.5 Å². The van der Waals surface area contributed by atoms with Crippen LogP contribution in [0.4, 0.5) is 0 Å². The van der Waals surface area contributed by atoms with Crippen LogP contribution in [0, 0.1) is 0 Å². The molecule has 2 rings (SSSR count). The van der Waals surface area contributed by atoms with Gasteiger partial charge in [-0.2, -0.15) is 0 Å². The van der Waals surface area contributed by atoms with Gasteiger partial charge in [-0.25, -0.2) is 0 Å². The fraction of sp³-hybridized carbons (Fsp3) is 0.231. The number of pyridine rings is 1. The van der Waals surface area contributed by atoms with Crippen LogP contribution in [0.3, 0.4) is 0 Å². The number of rotatable bonds is 3. The van der Waals surface area contributed by atoms with Crippen LogP contribution in [0.2, 0.25) is 0 Å². The van der Waals surface area contributed by atoms with E-state index in [0.29, 0.717) is 6.54 Å². The first kappa shape index (κ1) is 10.8. The molecule has 0 bridgehead atoms. The normalized spacial score (nSPS) is 21.6. The van der Waals surface area contributed by atoms with Gasteiger partial charge in [0.05, 0.1) is 5.71 Å². The highest BCUT2D eigenvalue weighted by Gasteiger charge is 2.07. The summed E-state index contributed by atoms with van der Waals surface area (Å²) in [5.41, 5.74) is 1.75. The number of hydrogen-bond donors (Lipinski definition) is 1. The summed E-state index contributed by atoms with van der Waals surface area (Å²) in [6.07, 6.45) is 9.28. The minimum Gasteiger partial charge on any atom is -0.383 e.